The van der Waals surface area contributed by atoms with Gasteiger partial charge in [-0.2, -0.15) is 0 Å². The summed E-state index contributed by atoms with van der Waals surface area (Å²) in [7, 11) is -3.69. The molecule has 0 heterocycles. The first-order chi connectivity index (χ1) is 9.74. The highest BCUT2D eigenvalue weighted by molar-refractivity contribution is 7.89. The number of carbonyl (C=O) groups excluding carboxylic acids is 1. The van der Waals surface area contributed by atoms with Crippen molar-refractivity contribution in [3.63, 3.8) is 0 Å². The number of hydrogen-bond donors (Lipinski definition) is 2. The molecule has 0 radical (unpaired) electrons. The fourth-order valence-corrected chi connectivity index (χ4v) is 3.08. The molecule has 1 aromatic rings. The number of nitrogens with one attached hydrogen (secondary N) is 2. The van der Waals surface area contributed by atoms with Gasteiger partial charge in [0.1, 0.15) is 4.90 Å². The van der Waals surface area contributed by atoms with Gasteiger partial charge in [-0.05, 0) is 25.0 Å². The number of sulfonamides is 1. The van der Waals surface area contributed by atoms with Crippen molar-refractivity contribution < 1.29 is 13.2 Å². The second-order valence-corrected chi connectivity index (χ2v) is 7.32. The molecule has 7 heteroatoms. The summed E-state index contributed by atoms with van der Waals surface area (Å²) in [6.07, 6.45) is 0.0841. The van der Waals surface area contributed by atoms with Crippen LogP contribution in [0.4, 0.5) is 0 Å². The van der Waals surface area contributed by atoms with Gasteiger partial charge in [0, 0.05) is 19.0 Å². The molecule has 1 amide bonds. The molecule has 0 saturated heterocycles. The van der Waals surface area contributed by atoms with Crippen LogP contribution in [-0.2, 0) is 14.8 Å². The van der Waals surface area contributed by atoms with Crippen molar-refractivity contribution in [1.82, 2.24) is 10.0 Å². The summed E-state index contributed by atoms with van der Waals surface area (Å²) in [5, 5.41) is 2.97. The van der Waals surface area contributed by atoms with E-state index in [1.54, 1.807) is 12.1 Å². The molecule has 0 aliphatic carbocycles. The molecule has 0 fully saturated rings. The van der Waals surface area contributed by atoms with E-state index in [2.05, 4.69) is 10.0 Å². The summed E-state index contributed by atoms with van der Waals surface area (Å²) in [6.45, 7) is 5.96. The van der Waals surface area contributed by atoms with Crippen molar-refractivity contribution in [2.24, 2.45) is 5.92 Å². The van der Waals surface area contributed by atoms with Crippen LogP contribution in [0.3, 0.4) is 0 Å². The van der Waals surface area contributed by atoms with Gasteiger partial charge in [0.25, 0.3) is 0 Å². The zero-order valence-corrected chi connectivity index (χ0v) is 14.0. The Kier molecular flexibility index (Phi) is 6.64. The molecule has 0 spiro atoms. The molecule has 2 N–H and O–H groups in total. The summed E-state index contributed by atoms with van der Waals surface area (Å²) in [5.74, 6) is 0.145. The third kappa shape index (κ3) is 5.65. The molecule has 5 nitrogen and oxygen atoms in total. The minimum Gasteiger partial charge on any atom is -0.353 e. The van der Waals surface area contributed by atoms with Crippen LogP contribution in [0.1, 0.15) is 27.2 Å². The average molecular weight is 333 g/mol. The maximum absolute atomic E-state index is 12.0. The van der Waals surface area contributed by atoms with Gasteiger partial charge in [0.05, 0.1) is 5.02 Å². The SMILES string of the molecule is CC(C)C(C)NC(=O)CCNS(=O)(=O)c1ccccc1Cl. The van der Waals surface area contributed by atoms with Gasteiger partial charge in [0.2, 0.25) is 15.9 Å². The summed E-state index contributed by atoms with van der Waals surface area (Å²) >= 11 is 5.86. The van der Waals surface area contributed by atoms with Crippen LogP contribution >= 0.6 is 11.6 Å². The number of carbonyl (C=O) groups is 1. The van der Waals surface area contributed by atoms with Gasteiger partial charge >= 0.3 is 0 Å². The van der Waals surface area contributed by atoms with Gasteiger partial charge in [-0.1, -0.05) is 37.6 Å². The van der Waals surface area contributed by atoms with Crippen molar-refractivity contribution in [3.05, 3.63) is 29.3 Å². The fourth-order valence-electron chi connectivity index (χ4n) is 1.53. The number of hydrogen-bond acceptors (Lipinski definition) is 3. The lowest BCUT2D eigenvalue weighted by Gasteiger charge is -2.17. The first-order valence-corrected chi connectivity index (χ1v) is 8.63. The quantitative estimate of drug-likeness (QED) is 0.803. The summed E-state index contributed by atoms with van der Waals surface area (Å²) in [6, 6.07) is 6.23. The lowest BCUT2D eigenvalue weighted by molar-refractivity contribution is -0.121. The Hall–Kier alpha value is -1.11. The highest BCUT2D eigenvalue weighted by Gasteiger charge is 2.17. The van der Waals surface area contributed by atoms with E-state index in [-0.39, 0.29) is 34.8 Å². The normalized spacial score (nSPS) is 13.2. The molecule has 1 atom stereocenters. The topological polar surface area (TPSA) is 75.3 Å². The van der Waals surface area contributed by atoms with Crippen molar-refractivity contribution in [3.8, 4) is 0 Å². The van der Waals surface area contributed by atoms with Gasteiger partial charge < -0.3 is 5.32 Å². The molecule has 0 saturated carbocycles. The summed E-state index contributed by atoms with van der Waals surface area (Å²) < 4.78 is 26.5. The first-order valence-electron chi connectivity index (χ1n) is 6.77. The fraction of sp³-hybridized carbons (Fsp3) is 0.500. The zero-order valence-electron chi connectivity index (χ0n) is 12.4. The zero-order chi connectivity index (χ0) is 16.0. The summed E-state index contributed by atoms with van der Waals surface area (Å²) in [4.78, 5) is 11.7. The van der Waals surface area contributed by atoms with E-state index in [0.29, 0.717) is 5.92 Å². The Morgan fingerprint density at radius 3 is 2.43 bits per heavy atom. The molecular weight excluding hydrogens is 312 g/mol. The van der Waals surface area contributed by atoms with Crippen LogP contribution in [0.5, 0.6) is 0 Å². The van der Waals surface area contributed by atoms with E-state index >= 15 is 0 Å². The Balaban J connectivity index is 2.52. The number of rotatable bonds is 7. The lowest BCUT2D eigenvalue weighted by atomic mass is 10.1. The van der Waals surface area contributed by atoms with Crippen LogP contribution in [-0.4, -0.2) is 26.9 Å². The standard InChI is InChI=1S/C14H21ClN2O3S/c1-10(2)11(3)17-14(18)8-9-16-21(19,20)13-7-5-4-6-12(13)15/h4-7,10-11,16H,8-9H2,1-3H3,(H,17,18). The number of benzene rings is 1. The van der Waals surface area contributed by atoms with E-state index in [9.17, 15) is 13.2 Å². The minimum absolute atomic E-state index is 0.0163. The molecule has 0 aliphatic heterocycles. The first kappa shape index (κ1) is 17.9. The predicted octanol–water partition coefficient (Wildman–Crippen LogP) is 2.17. The molecule has 21 heavy (non-hydrogen) atoms. The second-order valence-electron chi connectivity index (χ2n) is 5.18. The number of halogens is 1. The number of amides is 1. The van der Waals surface area contributed by atoms with E-state index in [4.69, 9.17) is 11.6 Å². The van der Waals surface area contributed by atoms with Gasteiger partial charge in [0.15, 0.2) is 0 Å². The van der Waals surface area contributed by atoms with E-state index in [1.165, 1.54) is 12.1 Å². The molecule has 1 rings (SSSR count). The average Bonchev–Trinajstić information content (AvgIpc) is 2.38. The largest absolute Gasteiger partial charge is 0.353 e. The smallest absolute Gasteiger partial charge is 0.242 e. The molecule has 1 aromatic carbocycles. The molecule has 1 unspecified atom stereocenters. The van der Waals surface area contributed by atoms with Crippen molar-refractivity contribution in [1.29, 1.82) is 0 Å². The van der Waals surface area contributed by atoms with E-state index < -0.39 is 10.0 Å². The molecule has 0 aromatic heterocycles. The van der Waals surface area contributed by atoms with Crippen LogP contribution < -0.4 is 10.0 Å². The van der Waals surface area contributed by atoms with Crippen LogP contribution in [0.2, 0.25) is 5.02 Å². The third-order valence-corrected chi connectivity index (χ3v) is 5.12. The molecule has 118 valence electrons. The maximum atomic E-state index is 12.0. The highest BCUT2D eigenvalue weighted by atomic mass is 35.5. The lowest BCUT2D eigenvalue weighted by Crippen LogP contribution is -2.38. The van der Waals surface area contributed by atoms with Crippen LogP contribution in [0, 0.1) is 5.92 Å². The Morgan fingerprint density at radius 2 is 1.86 bits per heavy atom. The van der Waals surface area contributed by atoms with Crippen LogP contribution in [0.15, 0.2) is 29.2 Å². The summed E-state index contributed by atoms with van der Waals surface area (Å²) in [5.41, 5.74) is 0. The van der Waals surface area contributed by atoms with Crippen LogP contribution in [0.25, 0.3) is 0 Å². The highest BCUT2D eigenvalue weighted by Crippen LogP contribution is 2.19. The molecular formula is C14H21ClN2O3S. The van der Waals surface area contributed by atoms with Crippen molar-refractivity contribution in [2.45, 2.75) is 38.1 Å². The van der Waals surface area contributed by atoms with E-state index in [0.717, 1.165) is 0 Å². The van der Waals surface area contributed by atoms with Gasteiger partial charge in [-0.25, -0.2) is 13.1 Å². The second kappa shape index (κ2) is 7.77. The Labute approximate surface area is 131 Å². The van der Waals surface area contributed by atoms with Crippen molar-refractivity contribution >= 4 is 27.5 Å². The van der Waals surface area contributed by atoms with E-state index in [1.807, 2.05) is 20.8 Å². The minimum atomic E-state index is -3.69. The van der Waals surface area contributed by atoms with Gasteiger partial charge in [-0.15, -0.1) is 0 Å². The molecule has 0 aliphatic rings. The van der Waals surface area contributed by atoms with Gasteiger partial charge in [-0.3, -0.25) is 4.79 Å². The maximum Gasteiger partial charge on any atom is 0.242 e. The monoisotopic (exact) mass is 332 g/mol. The molecule has 0 bridgehead atoms. The predicted molar refractivity (Wildman–Crippen MR) is 83.7 cm³/mol. The Bertz CT molecular complexity index is 588. The van der Waals surface area contributed by atoms with Crippen molar-refractivity contribution in [2.75, 3.05) is 6.54 Å². The Morgan fingerprint density at radius 1 is 1.24 bits per heavy atom. The third-order valence-electron chi connectivity index (χ3n) is 3.16.